The van der Waals surface area contributed by atoms with Crippen molar-refractivity contribution in [3.8, 4) is 0 Å². The van der Waals surface area contributed by atoms with Crippen molar-refractivity contribution in [3.63, 3.8) is 0 Å². The average molecular weight is 263 g/mol. The maximum atomic E-state index is 11.6. The highest BCUT2D eigenvalue weighted by Crippen LogP contribution is 2.27. The largest absolute Gasteiger partial charge is 0.378 e. The highest BCUT2D eigenvalue weighted by atomic mass is 16.6. The minimum atomic E-state index is -0.520. The quantitative estimate of drug-likeness (QED) is 0.410. The van der Waals surface area contributed by atoms with Gasteiger partial charge in [-0.2, -0.15) is 0 Å². The highest BCUT2D eigenvalue weighted by molar-refractivity contribution is 5.86. The van der Waals surface area contributed by atoms with E-state index in [0.717, 1.165) is 0 Å². The molecule has 0 fully saturated rings. The summed E-state index contributed by atoms with van der Waals surface area (Å²) >= 11 is 0. The number of H-pyrrole nitrogens is 1. The Morgan fingerprint density at radius 1 is 1.42 bits per heavy atom. The predicted octanol–water partition coefficient (Wildman–Crippen LogP) is 0.463. The van der Waals surface area contributed by atoms with Gasteiger partial charge in [0.2, 0.25) is 0 Å². The van der Waals surface area contributed by atoms with Crippen molar-refractivity contribution in [2.45, 2.75) is 0 Å². The van der Waals surface area contributed by atoms with E-state index in [2.05, 4.69) is 20.6 Å². The molecule has 3 N–H and O–H groups in total. The minimum absolute atomic E-state index is 0.137. The Hall–Kier alpha value is -2.48. The van der Waals surface area contributed by atoms with Gasteiger partial charge in [0, 0.05) is 19.2 Å². The number of nitro benzene ring substituents is 1. The number of benzene rings is 1. The van der Waals surface area contributed by atoms with Crippen LogP contribution >= 0.6 is 0 Å². The Balaban J connectivity index is 2.52. The van der Waals surface area contributed by atoms with Gasteiger partial charge >= 0.3 is 0 Å². The van der Waals surface area contributed by atoms with Crippen LogP contribution in [0.2, 0.25) is 0 Å². The van der Waals surface area contributed by atoms with Crippen LogP contribution in [0.25, 0.3) is 10.9 Å². The van der Waals surface area contributed by atoms with Crippen LogP contribution < -0.4 is 16.2 Å². The first-order chi connectivity index (χ1) is 9.13. The summed E-state index contributed by atoms with van der Waals surface area (Å²) in [7, 11) is 1.79. The molecule has 1 aromatic carbocycles. The summed E-state index contributed by atoms with van der Waals surface area (Å²) in [6.07, 6.45) is 1.27. The molecule has 2 rings (SSSR count). The lowest BCUT2D eigenvalue weighted by Gasteiger charge is -2.07. The maximum absolute atomic E-state index is 11.6. The number of nitrogens with zero attached hydrogens (tertiary/aromatic N) is 2. The molecule has 0 atom stereocenters. The van der Waals surface area contributed by atoms with Gasteiger partial charge < -0.3 is 15.6 Å². The van der Waals surface area contributed by atoms with Gasteiger partial charge in [-0.05, 0) is 13.1 Å². The van der Waals surface area contributed by atoms with Crippen LogP contribution in [0.5, 0.6) is 0 Å². The number of anilines is 1. The molecule has 0 unspecified atom stereocenters. The number of aromatic nitrogens is 2. The Kier molecular flexibility index (Phi) is 3.71. The molecule has 0 spiro atoms. The first kappa shape index (κ1) is 13.0. The molecule has 0 saturated carbocycles. The molecular weight excluding hydrogens is 250 g/mol. The summed E-state index contributed by atoms with van der Waals surface area (Å²) in [6.45, 7) is 1.20. The Bertz CT molecular complexity index is 667. The maximum Gasteiger partial charge on any atom is 0.293 e. The molecular formula is C11H13N5O3. The predicted molar refractivity (Wildman–Crippen MR) is 71.4 cm³/mol. The second-order valence-corrected chi connectivity index (χ2v) is 3.91. The molecule has 8 nitrogen and oxygen atoms in total. The standard InChI is InChI=1S/C11H13N5O3/c1-12-2-3-13-9-5-8-7(4-10(9)16(18)19)11(17)15-6-14-8/h4-6,12-13H,2-3H2,1H3,(H,14,15,17). The third-order valence-electron chi connectivity index (χ3n) is 2.65. The van der Waals surface area contributed by atoms with E-state index in [-0.39, 0.29) is 11.1 Å². The number of rotatable bonds is 5. The van der Waals surface area contributed by atoms with E-state index in [4.69, 9.17) is 0 Å². The molecule has 0 aliphatic heterocycles. The van der Waals surface area contributed by atoms with Gasteiger partial charge in [0.05, 0.1) is 22.2 Å². The zero-order valence-corrected chi connectivity index (χ0v) is 10.3. The first-order valence-corrected chi connectivity index (χ1v) is 5.68. The van der Waals surface area contributed by atoms with Gasteiger partial charge in [-0.3, -0.25) is 14.9 Å². The fraction of sp³-hybridized carbons (Fsp3) is 0.273. The van der Waals surface area contributed by atoms with Crippen LogP contribution in [0, 0.1) is 10.1 Å². The second kappa shape index (κ2) is 5.44. The van der Waals surface area contributed by atoms with Crippen molar-refractivity contribution in [2.75, 3.05) is 25.5 Å². The summed E-state index contributed by atoms with van der Waals surface area (Å²) in [5, 5.41) is 17.1. The van der Waals surface area contributed by atoms with E-state index in [9.17, 15) is 14.9 Å². The van der Waals surface area contributed by atoms with E-state index in [0.29, 0.717) is 24.3 Å². The Labute approximate surface area is 108 Å². The number of hydrogen-bond acceptors (Lipinski definition) is 6. The molecule has 1 aromatic heterocycles. The number of fused-ring (bicyclic) bond motifs is 1. The van der Waals surface area contributed by atoms with Crippen LogP contribution in [0.4, 0.5) is 11.4 Å². The summed E-state index contributed by atoms with van der Waals surface area (Å²) in [6, 6.07) is 2.75. The second-order valence-electron chi connectivity index (χ2n) is 3.91. The van der Waals surface area contributed by atoms with Crippen molar-refractivity contribution in [1.29, 1.82) is 0 Å². The van der Waals surface area contributed by atoms with Crippen LogP contribution in [0.15, 0.2) is 23.3 Å². The van der Waals surface area contributed by atoms with Gasteiger partial charge in [-0.1, -0.05) is 0 Å². The fourth-order valence-corrected chi connectivity index (χ4v) is 1.72. The first-order valence-electron chi connectivity index (χ1n) is 5.68. The lowest BCUT2D eigenvalue weighted by Crippen LogP contribution is -2.18. The topological polar surface area (TPSA) is 113 Å². The lowest BCUT2D eigenvalue weighted by atomic mass is 10.2. The molecule has 0 saturated heterocycles. The molecule has 0 aliphatic carbocycles. The Morgan fingerprint density at radius 3 is 2.89 bits per heavy atom. The number of likely N-dealkylation sites (N-methyl/N-ethyl adjacent to an activating group) is 1. The van der Waals surface area contributed by atoms with Crippen molar-refractivity contribution in [3.05, 3.63) is 38.9 Å². The van der Waals surface area contributed by atoms with E-state index in [1.165, 1.54) is 18.5 Å². The molecule has 0 aliphatic rings. The monoisotopic (exact) mass is 263 g/mol. The lowest BCUT2D eigenvalue weighted by molar-refractivity contribution is -0.383. The van der Waals surface area contributed by atoms with Crippen LogP contribution in [0.3, 0.4) is 0 Å². The highest BCUT2D eigenvalue weighted by Gasteiger charge is 2.16. The SMILES string of the molecule is CNCCNc1cc2nc[nH]c(=O)c2cc1[N+](=O)[O-]. The molecule has 100 valence electrons. The van der Waals surface area contributed by atoms with Gasteiger partial charge in [0.1, 0.15) is 5.69 Å². The van der Waals surface area contributed by atoms with Crippen molar-refractivity contribution in [2.24, 2.45) is 0 Å². The molecule has 8 heteroatoms. The molecule has 1 heterocycles. The van der Waals surface area contributed by atoms with Gasteiger partial charge in [-0.25, -0.2) is 4.98 Å². The summed E-state index contributed by atoms with van der Waals surface area (Å²) in [4.78, 5) is 28.5. The van der Waals surface area contributed by atoms with Crippen molar-refractivity contribution < 1.29 is 4.92 Å². The van der Waals surface area contributed by atoms with E-state index >= 15 is 0 Å². The molecule has 0 amide bonds. The van der Waals surface area contributed by atoms with Crippen molar-refractivity contribution >= 4 is 22.3 Å². The van der Waals surface area contributed by atoms with E-state index in [1.807, 2.05) is 0 Å². The third kappa shape index (κ3) is 2.68. The minimum Gasteiger partial charge on any atom is -0.378 e. The normalized spacial score (nSPS) is 10.6. The number of aromatic amines is 1. The summed E-state index contributed by atoms with van der Waals surface area (Å²) in [5.74, 6) is 0. The van der Waals surface area contributed by atoms with Gasteiger partial charge in [0.25, 0.3) is 11.2 Å². The van der Waals surface area contributed by atoms with Crippen LogP contribution in [-0.4, -0.2) is 35.0 Å². The summed E-state index contributed by atoms with van der Waals surface area (Å²) < 4.78 is 0. The number of nitro groups is 1. The molecule has 0 bridgehead atoms. The van der Waals surface area contributed by atoms with E-state index in [1.54, 1.807) is 7.05 Å². The van der Waals surface area contributed by atoms with Gasteiger partial charge in [-0.15, -0.1) is 0 Å². The number of hydrogen-bond donors (Lipinski definition) is 3. The fourth-order valence-electron chi connectivity index (χ4n) is 1.72. The van der Waals surface area contributed by atoms with Crippen LogP contribution in [0.1, 0.15) is 0 Å². The molecule has 0 radical (unpaired) electrons. The smallest absolute Gasteiger partial charge is 0.293 e. The molecule has 19 heavy (non-hydrogen) atoms. The average Bonchev–Trinajstić information content (AvgIpc) is 2.38. The van der Waals surface area contributed by atoms with E-state index < -0.39 is 10.5 Å². The van der Waals surface area contributed by atoms with Crippen LogP contribution in [-0.2, 0) is 0 Å². The number of nitrogens with one attached hydrogen (secondary N) is 3. The van der Waals surface area contributed by atoms with Crippen molar-refractivity contribution in [1.82, 2.24) is 15.3 Å². The zero-order valence-electron chi connectivity index (χ0n) is 10.3. The Morgan fingerprint density at radius 2 is 2.21 bits per heavy atom. The summed E-state index contributed by atoms with van der Waals surface area (Å²) in [5.41, 5.74) is 0.240. The van der Waals surface area contributed by atoms with Gasteiger partial charge in [0.15, 0.2) is 0 Å². The third-order valence-corrected chi connectivity index (χ3v) is 2.65. The molecule has 2 aromatic rings. The zero-order chi connectivity index (χ0) is 13.8.